The van der Waals surface area contributed by atoms with Gasteiger partial charge < -0.3 is 4.74 Å². The molecule has 1 aromatic rings. The maximum atomic E-state index is 8.41. The second-order valence-electron chi connectivity index (χ2n) is 2.67. The van der Waals surface area contributed by atoms with E-state index < -0.39 is 0 Å². The third-order valence-corrected chi connectivity index (χ3v) is 2.69. The van der Waals surface area contributed by atoms with Gasteiger partial charge in [0, 0.05) is 0 Å². The van der Waals surface area contributed by atoms with E-state index in [-0.39, 0.29) is 4.71 Å². The first-order valence-electron chi connectivity index (χ1n) is 4.08. The summed E-state index contributed by atoms with van der Waals surface area (Å²) in [5.41, 5.74) is 1.11. The van der Waals surface area contributed by atoms with Gasteiger partial charge in [-0.3, -0.25) is 0 Å². The highest BCUT2D eigenvalue weighted by Crippen LogP contribution is 2.20. The fourth-order valence-corrected chi connectivity index (χ4v) is 1.73. The van der Waals surface area contributed by atoms with Crippen LogP contribution in [0.3, 0.4) is 0 Å². The number of hydrogen-bond donors (Lipinski definition) is 0. The lowest BCUT2D eigenvalue weighted by Crippen LogP contribution is -1.96. The van der Waals surface area contributed by atoms with E-state index >= 15 is 0 Å². The van der Waals surface area contributed by atoms with Crippen molar-refractivity contribution >= 4 is 23.4 Å². The van der Waals surface area contributed by atoms with Gasteiger partial charge in [-0.1, -0.05) is 12.1 Å². The van der Waals surface area contributed by atoms with Gasteiger partial charge in [-0.25, -0.2) is 0 Å². The van der Waals surface area contributed by atoms with Gasteiger partial charge in [-0.2, -0.15) is 5.26 Å². The lowest BCUT2D eigenvalue weighted by Gasteiger charge is -2.05. The minimum absolute atomic E-state index is 0.187. The molecule has 0 saturated carbocycles. The van der Waals surface area contributed by atoms with E-state index in [1.54, 1.807) is 7.11 Å². The molecule has 0 fully saturated rings. The molecule has 14 heavy (non-hydrogen) atoms. The van der Waals surface area contributed by atoms with Crippen LogP contribution in [0.1, 0.15) is 5.56 Å². The molecule has 1 unspecified atom stereocenters. The number of ether oxygens (including phenoxy) is 1. The molecule has 1 rings (SSSR count). The minimum atomic E-state index is -0.187. The summed E-state index contributed by atoms with van der Waals surface area (Å²) in [4.78, 5) is 0. The Hall–Kier alpha value is -0.850. The van der Waals surface area contributed by atoms with Gasteiger partial charge in [0.25, 0.3) is 0 Å². The summed E-state index contributed by atoms with van der Waals surface area (Å²) in [5, 5.41) is 10.4. The van der Waals surface area contributed by atoms with Crippen LogP contribution >= 0.6 is 23.4 Å². The minimum Gasteiger partial charge on any atom is -0.497 e. The first kappa shape index (κ1) is 11.2. The molecular formula is C10H10ClNOS. The number of halogens is 1. The number of alkyl halides is 1. The first-order chi connectivity index (χ1) is 6.76. The van der Waals surface area contributed by atoms with Gasteiger partial charge in [0.05, 0.1) is 11.8 Å². The van der Waals surface area contributed by atoms with Crippen LogP contribution in [0.15, 0.2) is 24.3 Å². The van der Waals surface area contributed by atoms with E-state index in [1.165, 1.54) is 0 Å². The van der Waals surface area contributed by atoms with Gasteiger partial charge in [0.2, 0.25) is 0 Å². The number of nitriles is 1. The lowest BCUT2D eigenvalue weighted by molar-refractivity contribution is 0.414. The number of benzene rings is 1. The molecule has 4 heteroatoms. The van der Waals surface area contributed by atoms with Gasteiger partial charge in [0.1, 0.15) is 11.2 Å². The molecule has 0 aliphatic heterocycles. The fraction of sp³-hybridized carbons (Fsp3) is 0.300. The smallest absolute Gasteiger partial charge is 0.134 e. The van der Waals surface area contributed by atoms with Crippen LogP contribution in [-0.2, 0) is 6.42 Å². The Morgan fingerprint density at radius 1 is 1.50 bits per heavy atom. The van der Waals surface area contributed by atoms with Crippen molar-refractivity contribution < 1.29 is 4.74 Å². The summed E-state index contributed by atoms with van der Waals surface area (Å²) in [5.74, 6) is 0.827. The fourth-order valence-electron chi connectivity index (χ4n) is 1.05. The van der Waals surface area contributed by atoms with Crippen molar-refractivity contribution in [3.63, 3.8) is 0 Å². The standard InChI is InChI=1S/C10H10ClNOS/c1-13-9-4-2-8(3-5-9)6-10(11)14-7-12/h2-5,10H,6H2,1H3. The van der Waals surface area contributed by atoms with Crippen molar-refractivity contribution in [2.24, 2.45) is 0 Å². The SMILES string of the molecule is COc1ccc(CC(Cl)SC#N)cc1. The average molecular weight is 228 g/mol. The Bertz CT molecular complexity index is 320. The molecule has 74 valence electrons. The molecule has 0 spiro atoms. The van der Waals surface area contributed by atoms with E-state index in [4.69, 9.17) is 21.6 Å². The Morgan fingerprint density at radius 3 is 2.64 bits per heavy atom. The van der Waals surface area contributed by atoms with Crippen LogP contribution in [0.5, 0.6) is 5.75 Å². The number of rotatable bonds is 4. The summed E-state index contributed by atoms with van der Waals surface area (Å²) in [7, 11) is 1.63. The lowest BCUT2D eigenvalue weighted by atomic mass is 10.2. The first-order valence-corrected chi connectivity index (χ1v) is 5.39. The Kier molecular flexibility index (Phi) is 4.64. The zero-order valence-electron chi connectivity index (χ0n) is 7.74. The second-order valence-corrected chi connectivity index (χ2v) is 4.44. The molecule has 0 N–H and O–H groups in total. The van der Waals surface area contributed by atoms with Crippen molar-refractivity contribution in [2.75, 3.05) is 7.11 Å². The number of hydrogen-bond acceptors (Lipinski definition) is 3. The predicted molar refractivity (Wildman–Crippen MR) is 59.5 cm³/mol. The van der Waals surface area contributed by atoms with Crippen molar-refractivity contribution in [1.82, 2.24) is 0 Å². The Morgan fingerprint density at radius 2 is 2.14 bits per heavy atom. The summed E-state index contributed by atoms with van der Waals surface area (Å²) >= 11 is 6.97. The zero-order valence-corrected chi connectivity index (χ0v) is 9.31. The summed E-state index contributed by atoms with van der Waals surface area (Å²) in [6.45, 7) is 0. The maximum absolute atomic E-state index is 8.41. The highest BCUT2D eigenvalue weighted by molar-refractivity contribution is 8.05. The highest BCUT2D eigenvalue weighted by atomic mass is 35.5. The van der Waals surface area contributed by atoms with Crippen LogP contribution in [0.4, 0.5) is 0 Å². The van der Waals surface area contributed by atoms with Crippen LogP contribution in [0.2, 0.25) is 0 Å². The molecule has 1 atom stereocenters. The monoisotopic (exact) mass is 227 g/mol. The van der Waals surface area contributed by atoms with Crippen molar-refractivity contribution in [3.8, 4) is 11.2 Å². The van der Waals surface area contributed by atoms with Crippen LogP contribution in [0, 0.1) is 10.7 Å². The van der Waals surface area contributed by atoms with E-state index in [1.807, 2.05) is 29.7 Å². The largest absolute Gasteiger partial charge is 0.497 e. The maximum Gasteiger partial charge on any atom is 0.134 e. The van der Waals surface area contributed by atoms with E-state index in [0.717, 1.165) is 23.1 Å². The molecule has 0 radical (unpaired) electrons. The number of thiocyanates is 1. The van der Waals surface area contributed by atoms with Gasteiger partial charge in [-0.05, 0) is 35.9 Å². The number of nitrogens with zero attached hydrogens (tertiary/aromatic N) is 1. The normalized spacial score (nSPS) is 11.8. The summed E-state index contributed by atoms with van der Waals surface area (Å²) < 4.78 is 4.84. The molecular weight excluding hydrogens is 218 g/mol. The quantitative estimate of drug-likeness (QED) is 0.586. The molecule has 0 aliphatic carbocycles. The zero-order chi connectivity index (χ0) is 10.4. The van der Waals surface area contributed by atoms with Crippen LogP contribution in [0.25, 0.3) is 0 Å². The third-order valence-electron chi connectivity index (χ3n) is 1.74. The van der Waals surface area contributed by atoms with Gasteiger partial charge in [-0.15, -0.1) is 11.6 Å². The molecule has 0 bridgehead atoms. The second kappa shape index (κ2) is 5.79. The molecule has 0 amide bonds. The van der Waals surface area contributed by atoms with E-state index in [2.05, 4.69) is 0 Å². The van der Waals surface area contributed by atoms with E-state index in [9.17, 15) is 0 Å². The Labute approximate surface area is 92.8 Å². The van der Waals surface area contributed by atoms with E-state index in [0.29, 0.717) is 6.42 Å². The average Bonchev–Trinajstić information content (AvgIpc) is 2.19. The van der Waals surface area contributed by atoms with Gasteiger partial charge in [0.15, 0.2) is 0 Å². The molecule has 1 aromatic carbocycles. The molecule has 0 aromatic heterocycles. The van der Waals surface area contributed by atoms with Crippen molar-refractivity contribution in [3.05, 3.63) is 29.8 Å². The third kappa shape index (κ3) is 3.49. The van der Waals surface area contributed by atoms with Crippen LogP contribution < -0.4 is 4.74 Å². The van der Waals surface area contributed by atoms with Crippen molar-refractivity contribution in [1.29, 1.82) is 5.26 Å². The molecule has 0 heterocycles. The van der Waals surface area contributed by atoms with Crippen LogP contribution in [-0.4, -0.2) is 11.8 Å². The topological polar surface area (TPSA) is 33.0 Å². The predicted octanol–water partition coefficient (Wildman–Crippen LogP) is 3.02. The highest BCUT2D eigenvalue weighted by Gasteiger charge is 2.05. The van der Waals surface area contributed by atoms with Gasteiger partial charge >= 0.3 is 0 Å². The van der Waals surface area contributed by atoms with Crippen molar-refractivity contribution in [2.45, 2.75) is 11.1 Å². The molecule has 0 aliphatic rings. The number of methoxy groups -OCH3 is 1. The summed E-state index contributed by atoms with van der Waals surface area (Å²) in [6.07, 6.45) is 0.684. The molecule has 0 saturated heterocycles. The Balaban J connectivity index is 2.56. The number of thioether (sulfide) groups is 1. The summed E-state index contributed by atoms with van der Waals surface area (Å²) in [6, 6.07) is 7.67. The molecule has 2 nitrogen and oxygen atoms in total.